The molecule has 0 unspecified atom stereocenters. The van der Waals surface area contributed by atoms with Crippen molar-refractivity contribution in [1.29, 1.82) is 0 Å². The number of fused-ring (bicyclic) bond motifs is 1. The second kappa shape index (κ2) is 4.82. The van der Waals surface area contributed by atoms with Gasteiger partial charge in [-0.2, -0.15) is 0 Å². The summed E-state index contributed by atoms with van der Waals surface area (Å²) in [6, 6.07) is 6.03. The number of anilines is 1. The maximum Gasteiger partial charge on any atom is 0.139 e. The number of aliphatic hydroxyl groups is 1. The summed E-state index contributed by atoms with van der Waals surface area (Å²) in [5, 5.41) is 10.6. The molecule has 0 amide bonds. The van der Waals surface area contributed by atoms with Crippen LogP contribution in [0.25, 0.3) is 10.9 Å². The summed E-state index contributed by atoms with van der Waals surface area (Å²) in [6.07, 6.45) is 3.05. The van der Waals surface area contributed by atoms with E-state index in [1.54, 1.807) is 6.33 Å². The highest BCUT2D eigenvalue weighted by atomic mass is 79.9. The molecule has 1 fully saturated rings. The van der Waals surface area contributed by atoms with Gasteiger partial charge in [0.25, 0.3) is 0 Å². The SMILES string of the molecule is OC1CCN(c2ncnc3ccc(Br)cc23)CC1. The third-order valence-corrected chi connectivity index (χ3v) is 3.83. The van der Waals surface area contributed by atoms with E-state index in [2.05, 4.69) is 36.9 Å². The molecule has 2 heterocycles. The van der Waals surface area contributed by atoms with E-state index in [1.165, 1.54) is 0 Å². The van der Waals surface area contributed by atoms with E-state index in [0.29, 0.717) is 0 Å². The molecule has 1 aromatic carbocycles. The van der Waals surface area contributed by atoms with Crippen LogP contribution in [0.1, 0.15) is 12.8 Å². The van der Waals surface area contributed by atoms with Gasteiger partial charge in [0.1, 0.15) is 12.1 Å². The fourth-order valence-corrected chi connectivity index (χ4v) is 2.71. The van der Waals surface area contributed by atoms with E-state index < -0.39 is 0 Å². The van der Waals surface area contributed by atoms with Gasteiger partial charge >= 0.3 is 0 Å². The fourth-order valence-electron chi connectivity index (χ4n) is 2.34. The lowest BCUT2D eigenvalue weighted by Gasteiger charge is -2.31. The third-order valence-electron chi connectivity index (χ3n) is 3.34. The standard InChI is InChI=1S/C13H14BrN3O/c14-9-1-2-12-11(7-9)13(16-8-15-12)17-5-3-10(18)4-6-17/h1-2,7-8,10,18H,3-6H2. The van der Waals surface area contributed by atoms with Crippen molar-refractivity contribution in [2.45, 2.75) is 18.9 Å². The number of rotatable bonds is 1. The molecule has 0 radical (unpaired) electrons. The predicted molar refractivity (Wildman–Crippen MR) is 74.7 cm³/mol. The number of hydrogen-bond acceptors (Lipinski definition) is 4. The van der Waals surface area contributed by atoms with E-state index >= 15 is 0 Å². The van der Waals surface area contributed by atoms with Gasteiger partial charge in [-0.05, 0) is 31.0 Å². The highest BCUT2D eigenvalue weighted by molar-refractivity contribution is 9.10. The molecule has 4 nitrogen and oxygen atoms in total. The van der Waals surface area contributed by atoms with Gasteiger partial charge in [0.15, 0.2) is 0 Å². The Balaban J connectivity index is 2.03. The number of piperidine rings is 1. The van der Waals surface area contributed by atoms with Gasteiger partial charge < -0.3 is 10.0 Å². The minimum absolute atomic E-state index is 0.166. The van der Waals surface area contributed by atoms with Gasteiger partial charge in [0.05, 0.1) is 11.6 Å². The normalized spacial score (nSPS) is 17.3. The molecule has 0 aliphatic carbocycles. The number of halogens is 1. The van der Waals surface area contributed by atoms with E-state index in [9.17, 15) is 5.11 Å². The predicted octanol–water partition coefficient (Wildman–Crippen LogP) is 2.35. The number of aliphatic hydroxyl groups excluding tert-OH is 1. The van der Waals surface area contributed by atoms with Crippen LogP contribution in [-0.2, 0) is 0 Å². The molecule has 0 saturated carbocycles. The number of nitrogens with zero attached hydrogens (tertiary/aromatic N) is 3. The molecule has 2 aromatic rings. The Hall–Kier alpha value is -1.20. The minimum atomic E-state index is -0.166. The lowest BCUT2D eigenvalue weighted by atomic mass is 10.1. The van der Waals surface area contributed by atoms with E-state index in [-0.39, 0.29) is 6.10 Å². The summed E-state index contributed by atoms with van der Waals surface area (Å²) in [5.41, 5.74) is 0.953. The van der Waals surface area contributed by atoms with Crippen molar-refractivity contribution in [3.63, 3.8) is 0 Å². The average molecular weight is 308 g/mol. The van der Waals surface area contributed by atoms with Crippen molar-refractivity contribution in [2.24, 2.45) is 0 Å². The van der Waals surface area contributed by atoms with Crippen LogP contribution in [0.4, 0.5) is 5.82 Å². The molecular weight excluding hydrogens is 294 g/mol. The van der Waals surface area contributed by atoms with E-state index in [4.69, 9.17) is 0 Å². The number of hydrogen-bond donors (Lipinski definition) is 1. The number of benzene rings is 1. The minimum Gasteiger partial charge on any atom is -0.393 e. The summed E-state index contributed by atoms with van der Waals surface area (Å²) >= 11 is 3.49. The van der Waals surface area contributed by atoms with Gasteiger partial charge in [0.2, 0.25) is 0 Å². The Bertz CT molecular complexity index is 567. The smallest absolute Gasteiger partial charge is 0.139 e. The second-order valence-electron chi connectivity index (χ2n) is 4.58. The summed E-state index contributed by atoms with van der Waals surface area (Å²) in [6.45, 7) is 1.69. The van der Waals surface area contributed by atoms with Gasteiger partial charge in [0, 0.05) is 22.9 Å². The molecule has 3 rings (SSSR count). The van der Waals surface area contributed by atoms with Gasteiger partial charge in [-0.1, -0.05) is 15.9 Å². The second-order valence-corrected chi connectivity index (χ2v) is 5.49. The molecule has 94 valence electrons. The fraction of sp³-hybridized carbons (Fsp3) is 0.385. The van der Waals surface area contributed by atoms with Crippen LogP contribution in [-0.4, -0.2) is 34.3 Å². The van der Waals surface area contributed by atoms with Crippen molar-refractivity contribution >= 4 is 32.7 Å². The lowest BCUT2D eigenvalue weighted by molar-refractivity contribution is 0.145. The monoisotopic (exact) mass is 307 g/mol. The van der Waals surface area contributed by atoms with Crippen LogP contribution in [0, 0.1) is 0 Å². The molecule has 18 heavy (non-hydrogen) atoms. The molecule has 1 aliphatic heterocycles. The van der Waals surface area contributed by atoms with Crippen molar-refractivity contribution < 1.29 is 5.11 Å². The van der Waals surface area contributed by atoms with E-state index in [0.717, 1.165) is 47.1 Å². The Kier molecular flexibility index (Phi) is 3.18. The first-order valence-corrected chi connectivity index (χ1v) is 6.86. The van der Waals surface area contributed by atoms with Crippen molar-refractivity contribution in [3.05, 3.63) is 29.0 Å². The van der Waals surface area contributed by atoms with Gasteiger partial charge in [-0.25, -0.2) is 9.97 Å². The van der Waals surface area contributed by atoms with Crippen molar-refractivity contribution in [1.82, 2.24) is 9.97 Å². The molecule has 1 saturated heterocycles. The molecule has 1 N–H and O–H groups in total. The van der Waals surface area contributed by atoms with Crippen LogP contribution in [0.15, 0.2) is 29.0 Å². The van der Waals surface area contributed by atoms with Crippen molar-refractivity contribution in [2.75, 3.05) is 18.0 Å². The summed E-state index contributed by atoms with van der Waals surface area (Å²) in [5.74, 6) is 0.966. The zero-order valence-electron chi connectivity index (χ0n) is 9.88. The number of aromatic nitrogens is 2. The van der Waals surface area contributed by atoms with Gasteiger partial charge in [-0.15, -0.1) is 0 Å². The quantitative estimate of drug-likeness (QED) is 0.878. The Morgan fingerprint density at radius 2 is 2.00 bits per heavy atom. The van der Waals surface area contributed by atoms with Crippen LogP contribution in [0.5, 0.6) is 0 Å². The Labute approximate surface area is 114 Å². The Morgan fingerprint density at radius 3 is 2.78 bits per heavy atom. The highest BCUT2D eigenvalue weighted by Crippen LogP contribution is 2.27. The molecule has 5 heteroatoms. The molecule has 0 bridgehead atoms. The zero-order valence-corrected chi connectivity index (χ0v) is 11.5. The molecule has 0 spiro atoms. The largest absolute Gasteiger partial charge is 0.393 e. The maximum absolute atomic E-state index is 9.56. The molecular formula is C13H14BrN3O. The summed E-state index contributed by atoms with van der Waals surface area (Å²) in [7, 11) is 0. The van der Waals surface area contributed by atoms with Crippen LogP contribution < -0.4 is 4.90 Å². The first-order valence-electron chi connectivity index (χ1n) is 6.07. The lowest BCUT2D eigenvalue weighted by Crippen LogP contribution is -2.36. The average Bonchev–Trinajstić information content (AvgIpc) is 2.39. The van der Waals surface area contributed by atoms with Crippen LogP contribution in [0.2, 0.25) is 0 Å². The third kappa shape index (κ3) is 2.20. The molecule has 0 atom stereocenters. The van der Waals surface area contributed by atoms with E-state index in [1.807, 2.05) is 12.1 Å². The molecule has 1 aromatic heterocycles. The summed E-state index contributed by atoms with van der Waals surface area (Å²) in [4.78, 5) is 10.9. The Morgan fingerprint density at radius 1 is 1.22 bits per heavy atom. The summed E-state index contributed by atoms with van der Waals surface area (Å²) < 4.78 is 1.03. The first-order chi connectivity index (χ1) is 8.74. The zero-order chi connectivity index (χ0) is 12.5. The van der Waals surface area contributed by atoms with Crippen molar-refractivity contribution in [3.8, 4) is 0 Å². The van der Waals surface area contributed by atoms with Gasteiger partial charge in [-0.3, -0.25) is 0 Å². The van der Waals surface area contributed by atoms with Crippen LogP contribution >= 0.6 is 15.9 Å². The maximum atomic E-state index is 9.56. The van der Waals surface area contributed by atoms with Crippen LogP contribution in [0.3, 0.4) is 0 Å². The topological polar surface area (TPSA) is 49.2 Å². The highest BCUT2D eigenvalue weighted by Gasteiger charge is 2.19. The first kappa shape index (κ1) is 11.9. The molecule has 1 aliphatic rings.